The Morgan fingerprint density at radius 2 is 2.09 bits per heavy atom. The van der Waals surface area contributed by atoms with E-state index in [9.17, 15) is 0 Å². The van der Waals surface area contributed by atoms with Crippen LogP contribution in [0.4, 0.5) is 0 Å². The number of rotatable bonds is 4. The van der Waals surface area contributed by atoms with Crippen LogP contribution in [0.5, 0.6) is 0 Å². The minimum atomic E-state index is 0.484. The number of likely N-dealkylation sites (N-methyl/N-ethyl adjacent to an activating group) is 1. The molecule has 5 heteroatoms. The van der Waals surface area contributed by atoms with Crippen LogP contribution in [-0.4, -0.2) is 40.0 Å². The van der Waals surface area contributed by atoms with Crippen molar-refractivity contribution in [1.82, 2.24) is 19.9 Å². The molecule has 1 saturated heterocycles. The van der Waals surface area contributed by atoms with Crippen molar-refractivity contribution >= 4 is 11.3 Å². The van der Waals surface area contributed by atoms with Crippen molar-refractivity contribution in [2.24, 2.45) is 5.92 Å². The molecular formula is C17H24N4S. The maximum atomic E-state index is 4.67. The van der Waals surface area contributed by atoms with Gasteiger partial charge < -0.3 is 4.90 Å². The molecule has 3 rings (SSSR count). The van der Waals surface area contributed by atoms with Gasteiger partial charge in [0.25, 0.3) is 0 Å². The maximum absolute atomic E-state index is 4.67. The predicted octanol–water partition coefficient (Wildman–Crippen LogP) is 3.61. The number of thiazole rings is 1. The Morgan fingerprint density at radius 1 is 1.27 bits per heavy atom. The second-order valence-electron chi connectivity index (χ2n) is 6.61. The van der Waals surface area contributed by atoms with Crippen molar-refractivity contribution in [3.05, 3.63) is 29.3 Å². The first-order valence-corrected chi connectivity index (χ1v) is 8.89. The maximum Gasteiger partial charge on any atom is 0.104 e. The highest BCUT2D eigenvalue weighted by atomic mass is 32.1. The fraction of sp³-hybridized carbons (Fsp3) is 0.588. The number of aromatic nitrogens is 3. The zero-order chi connectivity index (χ0) is 15.5. The van der Waals surface area contributed by atoms with Crippen molar-refractivity contribution < 1.29 is 0 Å². The molecule has 0 aromatic carbocycles. The molecule has 0 radical (unpaired) electrons. The third kappa shape index (κ3) is 3.52. The van der Waals surface area contributed by atoms with E-state index in [1.54, 1.807) is 17.5 Å². The summed E-state index contributed by atoms with van der Waals surface area (Å²) < 4.78 is 0. The first kappa shape index (κ1) is 15.6. The first-order valence-electron chi connectivity index (χ1n) is 8.08. The molecular weight excluding hydrogens is 292 g/mol. The van der Waals surface area contributed by atoms with E-state index < -0.39 is 0 Å². The van der Waals surface area contributed by atoms with Gasteiger partial charge in [0.2, 0.25) is 0 Å². The Morgan fingerprint density at radius 3 is 2.86 bits per heavy atom. The molecule has 0 bridgehead atoms. The third-order valence-corrected chi connectivity index (χ3v) is 5.13. The molecule has 1 fully saturated rings. The van der Waals surface area contributed by atoms with E-state index in [4.69, 9.17) is 0 Å². The van der Waals surface area contributed by atoms with E-state index in [0.717, 1.165) is 29.2 Å². The zero-order valence-corrected chi connectivity index (χ0v) is 14.4. The van der Waals surface area contributed by atoms with Gasteiger partial charge >= 0.3 is 0 Å². The van der Waals surface area contributed by atoms with Crippen LogP contribution in [0.1, 0.15) is 43.3 Å². The Kier molecular flexibility index (Phi) is 4.84. The lowest BCUT2D eigenvalue weighted by Crippen LogP contribution is -2.31. The molecule has 0 unspecified atom stereocenters. The normalized spacial score (nSPS) is 19.7. The molecule has 0 saturated carbocycles. The number of likely N-dealkylation sites (tertiary alicyclic amines) is 1. The highest BCUT2D eigenvalue weighted by Crippen LogP contribution is 2.34. The van der Waals surface area contributed by atoms with E-state index in [0.29, 0.717) is 11.8 Å². The smallest absolute Gasteiger partial charge is 0.104 e. The average Bonchev–Trinajstić information content (AvgIpc) is 2.95. The van der Waals surface area contributed by atoms with Gasteiger partial charge in [-0.1, -0.05) is 13.8 Å². The van der Waals surface area contributed by atoms with Crippen LogP contribution >= 0.6 is 11.3 Å². The molecule has 1 atom stereocenters. The van der Waals surface area contributed by atoms with Gasteiger partial charge in [-0.3, -0.25) is 9.97 Å². The molecule has 0 N–H and O–H groups in total. The van der Waals surface area contributed by atoms with Gasteiger partial charge in [0, 0.05) is 37.5 Å². The second-order valence-corrected chi connectivity index (χ2v) is 7.72. The van der Waals surface area contributed by atoms with Crippen LogP contribution in [0.3, 0.4) is 0 Å². The highest BCUT2D eigenvalue weighted by molar-refractivity contribution is 7.15. The topological polar surface area (TPSA) is 41.9 Å². The number of hydrogen-bond donors (Lipinski definition) is 0. The number of hydrogen-bond acceptors (Lipinski definition) is 5. The summed E-state index contributed by atoms with van der Waals surface area (Å²) in [7, 11) is 2.19. The van der Waals surface area contributed by atoms with E-state index >= 15 is 0 Å². The summed E-state index contributed by atoms with van der Waals surface area (Å²) in [6.07, 6.45) is 9.07. The van der Waals surface area contributed by atoms with Gasteiger partial charge in [-0.15, -0.1) is 11.3 Å². The van der Waals surface area contributed by atoms with Crippen LogP contribution < -0.4 is 0 Å². The Bertz CT molecular complexity index is 623. The van der Waals surface area contributed by atoms with E-state index in [1.165, 1.54) is 24.4 Å². The fourth-order valence-corrected chi connectivity index (χ4v) is 4.23. The van der Waals surface area contributed by atoms with Crippen molar-refractivity contribution in [1.29, 1.82) is 0 Å². The molecule has 0 amide bonds. The summed E-state index contributed by atoms with van der Waals surface area (Å²) >= 11 is 1.77. The third-order valence-electron chi connectivity index (χ3n) is 4.11. The lowest BCUT2D eigenvalue weighted by Gasteiger charge is -2.29. The van der Waals surface area contributed by atoms with Crippen LogP contribution in [-0.2, 0) is 6.42 Å². The number of nitrogens with zero attached hydrogens (tertiary/aromatic N) is 4. The van der Waals surface area contributed by atoms with Crippen molar-refractivity contribution in [2.45, 2.75) is 39.0 Å². The van der Waals surface area contributed by atoms with Crippen LogP contribution in [0.15, 0.2) is 18.6 Å². The quantitative estimate of drug-likeness (QED) is 0.864. The molecule has 2 aromatic heterocycles. The summed E-state index contributed by atoms with van der Waals surface area (Å²) in [6.45, 7) is 6.72. The van der Waals surface area contributed by atoms with Gasteiger partial charge in [-0.25, -0.2) is 4.98 Å². The van der Waals surface area contributed by atoms with Gasteiger partial charge in [-0.2, -0.15) is 0 Å². The van der Waals surface area contributed by atoms with Crippen molar-refractivity contribution in [2.75, 3.05) is 20.1 Å². The zero-order valence-electron chi connectivity index (χ0n) is 13.6. The molecule has 0 spiro atoms. The minimum Gasteiger partial charge on any atom is -0.306 e. The summed E-state index contributed by atoms with van der Waals surface area (Å²) in [5.74, 6) is 1.12. The average molecular weight is 316 g/mol. The summed E-state index contributed by atoms with van der Waals surface area (Å²) in [4.78, 5) is 17.4. The standard InChI is InChI=1S/C17H24N4S/c1-12(2)9-15-20-10-14(22-15)17-16(18-6-7-19-17)13-5-4-8-21(3)11-13/h6-7,10,12-13H,4-5,8-9,11H2,1-3H3/t13-/m0/s1. The highest BCUT2D eigenvalue weighted by Gasteiger charge is 2.24. The Balaban J connectivity index is 1.89. The van der Waals surface area contributed by atoms with E-state index in [-0.39, 0.29) is 0 Å². The number of piperidine rings is 1. The summed E-state index contributed by atoms with van der Waals surface area (Å²) in [6, 6.07) is 0. The fourth-order valence-electron chi connectivity index (χ4n) is 3.09. The largest absolute Gasteiger partial charge is 0.306 e. The Hall–Kier alpha value is -1.33. The van der Waals surface area contributed by atoms with Crippen LogP contribution in [0.25, 0.3) is 10.6 Å². The molecule has 2 aromatic rings. The van der Waals surface area contributed by atoms with Crippen LogP contribution in [0, 0.1) is 5.92 Å². The summed E-state index contributed by atoms with van der Waals surface area (Å²) in [5.41, 5.74) is 2.18. The monoisotopic (exact) mass is 316 g/mol. The molecule has 1 aliphatic heterocycles. The first-order chi connectivity index (χ1) is 10.6. The van der Waals surface area contributed by atoms with Crippen LogP contribution in [0.2, 0.25) is 0 Å². The Labute approximate surface area is 136 Å². The van der Waals surface area contributed by atoms with Gasteiger partial charge in [0.1, 0.15) is 5.69 Å². The van der Waals surface area contributed by atoms with Crippen molar-refractivity contribution in [3.63, 3.8) is 0 Å². The SMILES string of the molecule is CC(C)Cc1ncc(-c2nccnc2[C@H]2CCCN(C)C2)s1. The van der Waals surface area contributed by atoms with E-state index in [2.05, 4.69) is 40.7 Å². The predicted molar refractivity (Wildman–Crippen MR) is 91.2 cm³/mol. The minimum absolute atomic E-state index is 0.484. The van der Waals surface area contributed by atoms with Gasteiger partial charge in [0.15, 0.2) is 0 Å². The molecule has 3 heterocycles. The molecule has 22 heavy (non-hydrogen) atoms. The van der Waals surface area contributed by atoms with E-state index in [1.807, 2.05) is 12.4 Å². The molecule has 0 aliphatic carbocycles. The molecule has 4 nitrogen and oxygen atoms in total. The van der Waals surface area contributed by atoms with Crippen molar-refractivity contribution in [3.8, 4) is 10.6 Å². The van der Waals surface area contributed by atoms with Gasteiger partial charge in [-0.05, 0) is 32.4 Å². The second kappa shape index (κ2) is 6.84. The molecule has 1 aliphatic rings. The lowest BCUT2D eigenvalue weighted by atomic mass is 9.93. The summed E-state index contributed by atoms with van der Waals surface area (Å²) in [5, 5.41) is 1.20. The molecule has 118 valence electrons. The van der Waals surface area contributed by atoms with Gasteiger partial charge in [0.05, 0.1) is 15.6 Å². The lowest BCUT2D eigenvalue weighted by molar-refractivity contribution is 0.248.